The van der Waals surface area contributed by atoms with Gasteiger partial charge in [-0.25, -0.2) is 44.9 Å². The molecule has 0 radical (unpaired) electrons. The number of para-hydroxylation sites is 2. The second-order valence-electron chi connectivity index (χ2n) is 23.2. The molecular weight excluding hydrogens is 1180 g/mol. The van der Waals surface area contributed by atoms with E-state index in [0.29, 0.717) is 74.8 Å². The Labute approximate surface area is 550 Å². The lowest BCUT2D eigenvalue weighted by molar-refractivity contribution is 1.07. The van der Waals surface area contributed by atoms with Gasteiger partial charge in [-0.05, 0) is 90.5 Å². The molecule has 12 aromatic carbocycles. The zero-order valence-corrected chi connectivity index (χ0v) is 51.1. The van der Waals surface area contributed by atoms with Gasteiger partial charge in [0.05, 0.1) is 50.6 Å². The van der Waals surface area contributed by atoms with Crippen molar-refractivity contribution in [1.82, 2.24) is 54.0 Å². The predicted octanol–water partition coefficient (Wildman–Crippen LogP) is 18.8. The highest BCUT2D eigenvalue weighted by Crippen LogP contribution is 2.42. The molecule has 0 atom stereocenters. The van der Waals surface area contributed by atoms with E-state index in [1.165, 1.54) is 0 Å². The minimum atomic E-state index is 0.409. The van der Waals surface area contributed by atoms with Crippen molar-refractivity contribution in [2.45, 2.75) is 0 Å². The molecule has 0 aliphatic heterocycles. The zero-order valence-electron chi connectivity index (χ0n) is 51.1. The molecule has 0 aliphatic carbocycles. The van der Waals surface area contributed by atoms with Crippen LogP contribution in [-0.2, 0) is 0 Å². The molecule has 17 rings (SSSR count). The molecule has 0 bridgehead atoms. The van der Waals surface area contributed by atoms with Crippen molar-refractivity contribution in [3.8, 4) is 137 Å². The summed E-state index contributed by atoms with van der Waals surface area (Å²) in [7, 11) is 0. The Hall–Kier alpha value is -13.8. The lowest BCUT2D eigenvalue weighted by Crippen LogP contribution is -2.03. The van der Waals surface area contributed by atoms with Crippen molar-refractivity contribution >= 4 is 43.6 Å². The third-order valence-electron chi connectivity index (χ3n) is 17.3. The molecule has 0 spiro atoms. The smallest absolute Gasteiger partial charge is 0.164 e. The average molecular weight is 1230 g/mol. The van der Waals surface area contributed by atoms with Crippen molar-refractivity contribution < 1.29 is 0 Å². The van der Waals surface area contributed by atoms with Crippen molar-refractivity contribution in [2.75, 3.05) is 0 Å². The highest BCUT2D eigenvalue weighted by Gasteiger charge is 2.24. The van der Waals surface area contributed by atoms with E-state index in [1.807, 2.05) is 218 Å². The lowest BCUT2D eigenvalue weighted by atomic mass is 9.99. The molecule has 0 fully saturated rings. The van der Waals surface area contributed by atoms with Crippen LogP contribution in [0.15, 0.2) is 297 Å². The van der Waals surface area contributed by atoms with Crippen molar-refractivity contribution in [2.24, 2.45) is 0 Å². The van der Waals surface area contributed by atoms with E-state index in [-0.39, 0.29) is 0 Å². The predicted molar refractivity (Wildman–Crippen MR) is 379 cm³/mol. The molecule has 0 N–H and O–H groups in total. The maximum absolute atomic E-state index is 11.0. The number of fused-ring (bicyclic) bond motifs is 6. The molecule has 17 aromatic rings. The van der Waals surface area contributed by atoms with Gasteiger partial charge in [0.15, 0.2) is 52.4 Å². The number of nitriles is 2. The maximum Gasteiger partial charge on any atom is 0.164 e. The number of hydrogen-bond donors (Lipinski definition) is 0. The van der Waals surface area contributed by atoms with E-state index >= 15 is 0 Å². The Morgan fingerprint density at radius 1 is 0.219 bits per heavy atom. The van der Waals surface area contributed by atoms with Crippen LogP contribution in [0.25, 0.3) is 169 Å². The first-order valence-electron chi connectivity index (χ1n) is 31.3. The van der Waals surface area contributed by atoms with Gasteiger partial charge < -0.3 is 9.13 Å². The number of rotatable bonds is 12. The summed E-state index contributed by atoms with van der Waals surface area (Å²) in [6.07, 6.45) is 0. The van der Waals surface area contributed by atoms with Gasteiger partial charge in [0.25, 0.3) is 0 Å². The van der Waals surface area contributed by atoms with Crippen LogP contribution in [0.3, 0.4) is 0 Å². The van der Waals surface area contributed by atoms with Crippen LogP contribution in [0.4, 0.5) is 0 Å². The largest absolute Gasteiger partial charge is 0.309 e. The third kappa shape index (κ3) is 10.2. The molecule has 0 saturated carbocycles. The molecule has 13 nitrogen and oxygen atoms in total. The van der Waals surface area contributed by atoms with Gasteiger partial charge in [0, 0.05) is 77.2 Å². The van der Waals surface area contributed by atoms with Crippen LogP contribution in [0.1, 0.15) is 11.1 Å². The second-order valence-corrected chi connectivity index (χ2v) is 23.2. The van der Waals surface area contributed by atoms with Gasteiger partial charge in [-0.15, -0.1) is 0 Å². The van der Waals surface area contributed by atoms with E-state index < -0.39 is 0 Å². The monoisotopic (exact) mass is 1230 g/mol. The summed E-state index contributed by atoms with van der Waals surface area (Å²) in [4.78, 5) is 46.2. The highest BCUT2D eigenvalue weighted by atomic mass is 15.1. The van der Waals surface area contributed by atoms with Crippen molar-refractivity contribution in [3.63, 3.8) is 0 Å². The Kier molecular flexibility index (Phi) is 13.9. The molecule has 0 unspecified atom stereocenters. The number of aromatic nitrogens is 11. The Balaban J connectivity index is 0.823. The van der Waals surface area contributed by atoms with Crippen LogP contribution in [0.5, 0.6) is 0 Å². The Morgan fingerprint density at radius 2 is 0.531 bits per heavy atom. The Bertz CT molecular complexity index is 5860. The van der Waals surface area contributed by atoms with Gasteiger partial charge in [-0.2, -0.15) is 10.5 Å². The Morgan fingerprint density at radius 3 is 0.927 bits per heavy atom. The first kappa shape index (κ1) is 56.2. The van der Waals surface area contributed by atoms with Crippen LogP contribution in [-0.4, -0.2) is 54.0 Å². The number of benzene rings is 12. The standard InChI is InChI=1S/C83H49N13/c84-50-52-21-20-32-58(45-52)64-42-39-62(49-74(64)96-70-36-19-17-34-66(70)68-47-60(41-44-72(68)96)81-90-77(55-26-10-3-11-27-55)87-78(91-81)56-28-12-4-13-29-56)83-93-79(57-30-14-5-15-31-57)92-82(94-83)61-37-38-63(51-85)73(48-61)95-69-35-18-16-33-65(69)67-46-59(40-43-71(67)95)80-88-75(53-22-6-1-7-23-53)86-76(89-80)54-24-8-2-9-25-54/h1-49H. The molecule has 446 valence electrons. The fourth-order valence-electron chi connectivity index (χ4n) is 12.8. The molecule has 96 heavy (non-hydrogen) atoms. The van der Waals surface area contributed by atoms with Crippen LogP contribution in [0.2, 0.25) is 0 Å². The summed E-state index contributed by atoms with van der Waals surface area (Å²) in [5.41, 5.74) is 15.3. The normalized spacial score (nSPS) is 11.3. The minimum absolute atomic E-state index is 0.409. The summed E-state index contributed by atoms with van der Waals surface area (Å²) in [6.45, 7) is 0. The molecule has 5 heterocycles. The van der Waals surface area contributed by atoms with Crippen molar-refractivity contribution in [1.29, 1.82) is 10.5 Å². The molecule has 5 aromatic heterocycles. The summed E-state index contributed by atoms with van der Waals surface area (Å²) in [5, 5.41) is 25.2. The first-order chi connectivity index (χ1) is 47.5. The summed E-state index contributed by atoms with van der Waals surface area (Å²) < 4.78 is 4.42. The average Bonchev–Trinajstić information content (AvgIpc) is 1.57. The molecule has 0 aliphatic rings. The second kappa shape index (κ2) is 23.8. The van der Waals surface area contributed by atoms with Crippen LogP contribution in [0, 0.1) is 22.7 Å². The zero-order chi connectivity index (χ0) is 64.1. The number of hydrogen-bond acceptors (Lipinski definition) is 11. The van der Waals surface area contributed by atoms with Crippen molar-refractivity contribution in [3.05, 3.63) is 308 Å². The summed E-state index contributed by atoms with van der Waals surface area (Å²) in [6, 6.07) is 104. The van der Waals surface area contributed by atoms with Gasteiger partial charge in [0.2, 0.25) is 0 Å². The minimum Gasteiger partial charge on any atom is -0.309 e. The highest BCUT2D eigenvalue weighted by molar-refractivity contribution is 6.12. The number of nitrogens with zero attached hydrogens (tertiary/aromatic N) is 13. The third-order valence-corrected chi connectivity index (χ3v) is 17.3. The topological polar surface area (TPSA) is 173 Å². The van der Waals surface area contributed by atoms with E-state index in [4.69, 9.17) is 44.9 Å². The van der Waals surface area contributed by atoms with Gasteiger partial charge in [-0.3, -0.25) is 0 Å². The van der Waals surface area contributed by atoms with Crippen LogP contribution >= 0.6 is 0 Å². The van der Waals surface area contributed by atoms with Crippen LogP contribution < -0.4 is 0 Å². The first-order valence-corrected chi connectivity index (χ1v) is 31.3. The maximum atomic E-state index is 11.0. The lowest BCUT2D eigenvalue weighted by Gasteiger charge is -2.17. The fraction of sp³-hybridized carbons (Fsp3) is 0. The SMILES string of the molecule is N#Cc1cccc(-c2ccc(-c3nc(-c4ccccc4)nc(-c4ccc(C#N)c(-n5c6ccccc6c6cc(-c7nc(-c8ccccc8)nc(-c8ccccc8)n7)ccc65)c4)n3)cc2-n2c3ccccc3c3cc(-c4nc(-c5ccccc5)nc(-c5ccccc5)n4)ccc32)c1. The molecule has 0 saturated heterocycles. The quantitative estimate of drug-likeness (QED) is 0.114. The van der Waals surface area contributed by atoms with E-state index in [9.17, 15) is 10.5 Å². The van der Waals surface area contributed by atoms with Gasteiger partial charge >= 0.3 is 0 Å². The van der Waals surface area contributed by atoms with Gasteiger partial charge in [0.1, 0.15) is 6.07 Å². The van der Waals surface area contributed by atoms with E-state index in [1.54, 1.807) is 0 Å². The fourth-order valence-corrected chi connectivity index (χ4v) is 12.8. The summed E-state index contributed by atoms with van der Waals surface area (Å²) in [5.74, 6) is 4.68. The van der Waals surface area contributed by atoms with Gasteiger partial charge in [-0.1, -0.05) is 212 Å². The molecule has 13 heteroatoms. The van der Waals surface area contributed by atoms with E-state index in [2.05, 4.69) is 100 Å². The summed E-state index contributed by atoms with van der Waals surface area (Å²) >= 11 is 0. The molecule has 0 amide bonds. The molecular formula is C83H49N13. The van der Waals surface area contributed by atoms with E-state index in [0.717, 1.165) is 105 Å².